The van der Waals surface area contributed by atoms with Gasteiger partial charge in [-0.1, -0.05) is 0 Å². The molecule has 1 aliphatic heterocycles. The van der Waals surface area contributed by atoms with Gasteiger partial charge in [-0.25, -0.2) is 15.0 Å². The molecule has 0 aliphatic carbocycles. The summed E-state index contributed by atoms with van der Waals surface area (Å²) in [6.45, 7) is 2.81. The molecular weight excluding hydrogens is 355 g/mol. The molecule has 1 aliphatic rings. The number of hydrogen-bond acceptors (Lipinski definition) is 6. The fourth-order valence-electron chi connectivity index (χ4n) is 2.70. The molecule has 0 radical (unpaired) electrons. The minimum Gasteiger partial charge on any atom is -0.356 e. The highest BCUT2D eigenvalue weighted by Gasteiger charge is 2.33. The summed E-state index contributed by atoms with van der Waals surface area (Å²) in [6.07, 6.45) is -2.29. The standard InChI is InChI=1S/C15H16F3N5OS/c1-9-13(25-8-21-9)14(24)22-10-2-4-23(5-3-10)12-6-11(15(16,17)18)19-7-20-12/h6-8,10H,2-5H2,1H3,(H,22,24). The first-order chi connectivity index (χ1) is 11.8. The van der Waals surface area contributed by atoms with Crippen LogP contribution in [-0.2, 0) is 6.18 Å². The molecule has 6 nitrogen and oxygen atoms in total. The van der Waals surface area contributed by atoms with E-state index in [1.54, 1.807) is 17.3 Å². The fraction of sp³-hybridized carbons (Fsp3) is 0.467. The van der Waals surface area contributed by atoms with Crippen molar-refractivity contribution in [3.8, 4) is 0 Å². The third kappa shape index (κ3) is 4.06. The van der Waals surface area contributed by atoms with Crippen LogP contribution in [0, 0.1) is 6.92 Å². The van der Waals surface area contributed by atoms with Crippen LogP contribution in [0.15, 0.2) is 17.9 Å². The zero-order valence-corrected chi connectivity index (χ0v) is 14.2. The second-order valence-electron chi connectivity index (χ2n) is 5.76. The number of piperidine rings is 1. The van der Waals surface area contributed by atoms with Gasteiger partial charge in [-0.3, -0.25) is 4.79 Å². The van der Waals surface area contributed by atoms with Crippen LogP contribution in [-0.4, -0.2) is 40.0 Å². The highest BCUT2D eigenvalue weighted by molar-refractivity contribution is 7.11. The fourth-order valence-corrected chi connectivity index (χ4v) is 3.40. The van der Waals surface area contributed by atoms with Crippen LogP contribution in [0.3, 0.4) is 0 Å². The van der Waals surface area contributed by atoms with Crippen LogP contribution in [0.25, 0.3) is 0 Å². The summed E-state index contributed by atoms with van der Waals surface area (Å²) < 4.78 is 38.2. The van der Waals surface area contributed by atoms with E-state index >= 15 is 0 Å². The molecule has 25 heavy (non-hydrogen) atoms. The van der Waals surface area contributed by atoms with Gasteiger partial charge in [0.05, 0.1) is 11.2 Å². The molecule has 0 spiro atoms. The third-order valence-corrected chi connectivity index (χ3v) is 4.98. The van der Waals surface area contributed by atoms with E-state index in [0.717, 1.165) is 12.4 Å². The molecule has 0 unspecified atom stereocenters. The van der Waals surface area contributed by atoms with Crippen LogP contribution in [0.2, 0.25) is 0 Å². The van der Waals surface area contributed by atoms with Gasteiger partial charge >= 0.3 is 6.18 Å². The number of carbonyl (C=O) groups excluding carboxylic acids is 1. The first-order valence-corrected chi connectivity index (χ1v) is 8.57. The van der Waals surface area contributed by atoms with E-state index < -0.39 is 11.9 Å². The van der Waals surface area contributed by atoms with Crippen molar-refractivity contribution < 1.29 is 18.0 Å². The first kappa shape index (κ1) is 17.6. The average Bonchev–Trinajstić information content (AvgIpc) is 3.01. The van der Waals surface area contributed by atoms with Gasteiger partial charge in [0.1, 0.15) is 22.7 Å². The molecule has 1 fully saturated rings. The number of thiazole rings is 1. The molecule has 0 bridgehead atoms. The van der Waals surface area contributed by atoms with Crippen molar-refractivity contribution in [3.63, 3.8) is 0 Å². The van der Waals surface area contributed by atoms with E-state index in [2.05, 4.69) is 20.3 Å². The Morgan fingerprint density at radius 3 is 2.60 bits per heavy atom. The molecule has 134 valence electrons. The van der Waals surface area contributed by atoms with Crippen molar-refractivity contribution in [3.05, 3.63) is 34.2 Å². The van der Waals surface area contributed by atoms with Gasteiger partial charge in [-0.15, -0.1) is 11.3 Å². The van der Waals surface area contributed by atoms with E-state index in [1.165, 1.54) is 11.3 Å². The number of nitrogens with one attached hydrogen (secondary N) is 1. The van der Waals surface area contributed by atoms with Gasteiger partial charge in [0.15, 0.2) is 0 Å². The van der Waals surface area contributed by atoms with Gasteiger partial charge in [-0.2, -0.15) is 13.2 Å². The monoisotopic (exact) mass is 371 g/mol. The summed E-state index contributed by atoms with van der Waals surface area (Å²) in [7, 11) is 0. The normalized spacial score (nSPS) is 16.1. The smallest absolute Gasteiger partial charge is 0.356 e. The number of carbonyl (C=O) groups is 1. The van der Waals surface area contributed by atoms with Gasteiger partial charge in [0.25, 0.3) is 5.91 Å². The molecule has 0 atom stereocenters. The molecular formula is C15H16F3N5OS. The van der Waals surface area contributed by atoms with E-state index in [4.69, 9.17) is 0 Å². The van der Waals surface area contributed by atoms with E-state index in [-0.39, 0.29) is 17.8 Å². The van der Waals surface area contributed by atoms with Crippen molar-refractivity contribution in [2.75, 3.05) is 18.0 Å². The highest BCUT2D eigenvalue weighted by atomic mass is 32.1. The number of aryl methyl sites for hydroxylation is 1. The maximum absolute atomic E-state index is 12.7. The maximum Gasteiger partial charge on any atom is 0.433 e. The Morgan fingerprint density at radius 1 is 1.28 bits per heavy atom. The molecule has 1 N–H and O–H groups in total. The van der Waals surface area contributed by atoms with Crippen molar-refractivity contribution in [2.24, 2.45) is 0 Å². The van der Waals surface area contributed by atoms with Crippen LogP contribution in [0.1, 0.15) is 33.9 Å². The molecule has 3 rings (SSSR count). The molecule has 10 heteroatoms. The van der Waals surface area contributed by atoms with Crippen molar-refractivity contribution in [1.82, 2.24) is 20.3 Å². The predicted molar refractivity (Wildman–Crippen MR) is 86.6 cm³/mol. The Balaban J connectivity index is 1.59. The molecule has 0 saturated carbocycles. The Hall–Kier alpha value is -2.23. The topological polar surface area (TPSA) is 71.0 Å². The Morgan fingerprint density at radius 2 is 2.00 bits per heavy atom. The number of halogens is 3. The zero-order chi connectivity index (χ0) is 18.0. The zero-order valence-electron chi connectivity index (χ0n) is 13.4. The average molecular weight is 371 g/mol. The summed E-state index contributed by atoms with van der Waals surface area (Å²) in [5.74, 6) is 0.102. The van der Waals surface area contributed by atoms with E-state index in [0.29, 0.717) is 36.5 Å². The lowest BCUT2D eigenvalue weighted by Crippen LogP contribution is -2.45. The Labute approximate surface area is 146 Å². The molecule has 3 heterocycles. The minimum absolute atomic E-state index is 0.0193. The predicted octanol–water partition coefficient (Wildman–Crippen LogP) is 2.66. The van der Waals surface area contributed by atoms with E-state index in [9.17, 15) is 18.0 Å². The Kier molecular flexibility index (Phi) is 4.89. The lowest BCUT2D eigenvalue weighted by Gasteiger charge is -2.33. The molecule has 2 aromatic rings. The summed E-state index contributed by atoms with van der Waals surface area (Å²) in [4.78, 5) is 25.8. The third-order valence-electron chi connectivity index (χ3n) is 4.05. The quantitative estimate of drug-likeness (QED) is 0.898. The minimum atomic E-state index is -4.49. The number of hydrogen-bond donors (Lipinski definition) is 1. The lowest BCUT2D eigenvalue weighted by atomic mass is 10.0. The van der Waals surface area contributed by atoms with Crippen LogP contribution >= 0.6 is 11.3 Å². The van der Waals surface area contributed by atoms with Gasteiger partial charge < -0.3 is 10.2 Å². The van der Waals surface area contributed by atoms with Crippen LogP contribution in [0.4, 0.5) is 19.0 Å². The van der Waals surface area contributed by atoms with Crippen molar-refractivity contribution >= 4 is 23.1 Å². The summed E-state index contributed by atoms with van der Waals surface area (Å²) in [5, 5.41) is 2.96. The SMILES string of the molecule is Cc1ncsc1C(=O)NC1CCN(c2cc(C(F)(F)F)ncn2)CC1. The number of anilines is 1. The van der Waals surface area contributed by atoms with Gasteiger partial charge in [-0.05, 0) is 19.8 Å². The van der Waals surface area contributed by atoms with Crippen LogP contribution in [0.5, 0.6) is 0 Å². The maximum atomic E-state index is 12.7. The number of alkyl halides is 3. The number of amides is 1. The molecule has 2 aromatic heterocycles. The highest BCUT2D eigenvalue weighted by Crippen LogP contribution is 2.29. The van der Waals surface area contributed by atoms with E-state index in [1.807, 2.05) is 0 Å². The van der Waals surface area contributed by atoms with Crippen molar-refractivity contribution in [1.29, 1.82) is 0 Å². The second kappa shape index (κ2) is 6.95. The Bertz CT molecular complexity index is 756. The molecule has 1 saturated heterocycles. The van der Waals surface area contributed by atoms with Gasteiger partial charge in [0.2, 0.25) is 0 Å². The summed E-state index contributed by atoms with van der Waals surface area (Å²) in [5.41, 5.74) is 1.37. The molecule has 0 aromatic carbocycles. The molecule has 1 amide bonds. The lowest BCUT2D eigenvalue weighted by molar-refractivity contribution is -0.141. The van der Waals surface area contributed by atoms with Crippen molar-refractivity contribution in [2.45, 2.75) is 32.0 Å². The largest absolute Gasteiger partial charge is 0.433 e. The number of aromatic nitrogens is 3. The van der Waals surface area contributed by atoms with Gasteiger partial charge in [0, 0.05) is 25.2 Å². The van der Waals surface area contributed by atoms with Crippen LogP contribution < -0.4 is 10.2 Å². The first-order valence-electron chi connectivity index (χ1n) is 7.69. The summed E-state index contributed by atoms with van der Waals surface area (Å²) >= 11 is 1.29. The number of rotatable bonds is 3. The second-order valence-corrected chi connectivity index (χ2v) is 6.62. The summed E-state index contributed by atoms with van der Waals surface area (Å²) in [6, 6.07) is 0.939. The number of nitrogens with zero attached hydrogens (tertiary/aromatic N) is 4.